The van der Waals surface area contributed by atoms with Crippen molar-refractivity contribution in [2.75, 3.05) is 0 Å². The van der Waals surface area contributed by atoms with Crippen LogP contribution < -0.4 is 0 Å². The predicted molar refractivity (Wildman–Crippen MR) is 60.0 cm³/mol. The van der Waals surface area contributed by atoms with Crippen molar-refractivity contribution in [3.05, 3.63) is 35.4 Å². The molecular formula is C13H18F2O. The molecule has 1 aromatic rings. The third-order valence-corrected chi connectivity index (χ3v) is 2.59. The maximum absolute atomic E-state index is 12.9. The van der Waals surface area contributed by atoms with Crippen LogP contribution in [-0.2, 0) is 0 Å². The van der Waals surface area contributed by atoms with Gasteiger partial charge < -0.3 is 5.11 Å². The normalized spacial score (nSPS) is 13.1. The van der Waals surface area contributed by atoms with E-state index in [0.29, 0.717) is 17.9 Å². The molecule has 1 nitrogen and oxygen atoms in total. The SMILES string of the molecule is CC(C)CCCC(O)c1ccc(F)c(F)c1. The number of aliphatic hydroxyl groups excluding tert-OH is 1. The Kier molecular flexibility index (Phi) is 4.87. The quantitative estimate of drug-likeness (QED) is 0.812. The molecule has 1 rings (SSSR count). The molecular weight excluding hydrogens is 210 g/mol. The summed E-state index contributed by atoms with van der Waals surface area (Å²) in [6, 6.07) is 3.55. The standard InChI is InChI=1S/C13H18F2O/c1-9(2)4-3-5-13(16)10-6-7-11(14)12(15)8-10/h6-9,13,16H,3-5H2,1-2H3. The van der Waals surface area contributed by atoms with Crippen LogP contribution in [0.4, 0.5) is 8.78 Å². The van der Waals surface area contributed by atoms with Gasteiger partial charge in [-0.1, -0.05) is 32.8 Å². The van der Waals surface area contributed by atoms with Gasteiger partial charge in [-0.05, 0) is 30.0 Å². The average Bonchev–Trinajstić information content (AvgIpc) is 2.21. The number of hydrogen-bond acceptors (Lipinski definition) is 1. The van der Waals surface area contributed by atoms with Crippen LogP contribution >= 0.6 is 0 Å². The number of halogens is 2. The summed E-state index contributed by atoms with van der Waals surface area (Å²) in [6.45, 7) is 4.23. The molecule has 1 N–H and O–H groups in total. The van der Waals surface area contributed by atoms with Gasteiger partial charge in [0, 0.05) is 0 Å². The highest BCUT2D eigenvalue weighted by molar-refractivity contribution is 5.19. The second-order valence-corrected chi connectivity index (χ2v) is 4.51. The second kappa shape index (κ2) is 5.94. The number of rotatable bonds is 5. The van der Waals surface area contributed by atoms with E-state index >= 15 is 0 Å². The fourth-order valence-corrected chi connectivity index (χ4v) is 1.61. The van der Waals surface area contributed by atoms with Crippen LogP contribution in [0.15, 0.2) is 18.2 Å². The minimum atomic E-state index is -0.902. The first-order valence-electron chi connectivity index (χ1n) is 5.63. The van der Waals surface area contributed by atoms with Crippen molar-refractivity contribution in [3.8, 4) is 0 Å². The van der Waals surface area contributed by atoms with E-state index < -0.39 is 17.7 Å². The topological polar surface area (TPSA) is 20.2 Å². The summed E-state index contributed by atoms with van der Waals surface area (Å²) in [5.74, 6) is -1.18. The van der Waals surface area contributed by atoms with Gasteiger partial charge in [0.25, 0.3) is 0 Å². The molecule has 0 saturated heterocycles. The lowest BCUT2D eigenvalue weighted by molar-refractivity contribution is 0.161. The van der Waals surface area contributed by atoms with Gasteiger partial charge in [-0.3, -0.25) is 0 Å². The Balaban J connectivity index is 2.52. The Morgan fingerprint density at radius 3 is 2.38 bits per heavy atom. The molecule has 0 aliphatic carbocycles. The Morgan fingerprint density at radius 2 is 1.81 bits per heavy atom. The Hall–Kier alpha value is -0.960. The molecule has 0 aromatic heterocycles. The molecule has 0 radical (unpaired) electrons. The van der Waals surface area contributed by atoms with Crippen molar-refractivity contribution in [1.82, 2.24) is 0 Å². The minimum absolute atomic E-state index is 0.447. The van der Waals surface area contributed by atoms with Crippen LogP contribution in [0, 0.1) is 17.6 Å². The highest BCUT2D eigenvalue weighted by Crippen LogP contribution is 2.22. The van der Waals surface area contributed by atoms with Crippen LogP contribution in [0.2, 0.25) is 0 Å². The summed E-state index contributed by atoms with van der Waals surface area (Å²) < 4.78 is 25.6. The fraction of sp³-hybridized carbons (Fsp3) is 0.538. The highest BCUT2D eigenvalue weighted by Gasteiger charge is 2.10. The van der Waals surface area contributed by atoms with Crippen LogP contribution in [0.1, 0.15) is 44.8 Å². The molecule has 1 atom stereocenters. The van der Waals surface area contributed by atoms with Crippen LogP contribution in [0.25, 0.3) is 0 Å². The molecule has 0 saturated carbocycles. The van der Waals surface area contributed by atoms with Crippen LogP contribution in [0.3, 0.4) is 0 Å². The zero-order valence-electron chi connectivity index (χ0n) is 9.71. The van der Waals surface area contributed by atoms with Crippen molar-refractivity contribution in [1.29, 1.82) is 0 Å². The van der Waals surface area contributed by atoms with Gasteiger partial charge in [-0.15, -0.1) is 0 Å². The van der Waals surface area contributed by atoms with Crippen LogP contribution in [-0.4, -0.2) is 5.11 Å². The van der Waals surface area contributed by atoms with Gasteiger partial charge in [0.1, 0.15) is 0 Å². The van der Waals surface area contributed by atoms with Crippen LogP contribution in [0.5, 0.6) is 0 Å². The summed E-state index contributed by atoms with van der Waals surface area (Å²) in [4.78, 5) is 0. The van der Waals surface area contributed by atoms with E-state index in [2.05, 4.69) is 13.8 Å². The van der Waals surface area contributed by atoms with E-state index in [9.17, 15) is 13.9 Å². The van der Waals surface area contributed by atoms with E-state index in [0.717, 1.165) is 25.0 Å². The Labute approximate surface area is 95.1 Å². The lowest BCUT2D eigenvalue weighted by Gasteiger charge is -2.12. The maximum Gasteiger partial charge on any atom is 0.159 e. The summed E-state index contributed by atoms with van der Waals surface area (Å²) in [5.41, 5.74) is 0.447. The van der Waals surface area contributed by atoms with E-state index in [1.165, 1.54) is 6.07 Å². The first-order chi connectivity index (χ1) is 7.50. The molecule has 90 valence electrons. The smallest absolute Gasteiger partial charge is 0.159 e. The van der Waals surface area contributed by atoms with E-state index in [4.69, 9.17) is 0 Å². The largest absolute Gasteiger partial charge is 0.388 e. The number of benzene rings is 1. The zero-order valence-corrected chi connectivity index (χ0v) is 9.71. The Bertz CT molecular complexity index is 337. The van der Waals surface area contributed by atoms with Crippen molar-refractivity contribution < 1.29 is 13.9 Å². The predicted octanol–water partition coefficient (Wildman–Crippen LogP) is 3.82. The molecule has 0 spiro atoms. The number of hydrogen-bond donors (Lipinski definition) is 1. The van der Waals surface area contributed by atoms with Crippen molar-refractivity contribution in [2.45, 2.75) is 39.2 Å². The molecule has 1 aromatic carbocycles. The molecule has 0 amide bonds. The molecule has 0 aliphatic rings. The fourth-order valence-electron chi connectivity index (χ4n) is 1.61. The van der Waals surface area contributed by atoms with Gasteiger partial charge in [0.05, 0.1) is 6.10 Å². The summed E-state index contributed by atoms with van der Waals surface area (Å²) in [7, 11) is 0. The number of aliphatic hydroxyl groups is 1. The first kappa shape index (κ1) is 13.1. The van der Waals surface area contributed by atoms with Gasteiger partial charge >= 0.3 is 0 Å². The maximum atomic E-state index is 12.9. The minimum Gasteiger partial charge on any atom is -0.388 e. The lowest BCUT2D eigenvalue weighted by atomic mass is 10.00. The molecule has 0 bridgehead atoms. The van der Waals surface area contributed by atoms with Gasteiger partial charge in [-0.25, -0.2) is 8.78 Å². The second-order valence-electron chi connectivity index (χ2n) is 4.51. The monoisotopic (exact) mass is 228 g/mol. The van der Waals surface area contributed by atoms with E-state index in [1.54, 1.807) is 0 Å². The van der Waals surface area contributed by atoms with Gasteiger partial charge in [0.15, 0.2) is 11.6 Å². The van der Waals surface area contributed by atoms with Gasteiger partial charge in [-0.2, -0.15) is 0 Å². The molecule has 0 heterocycles. The molecule has 0 aliphatic heterocycles. The highest BCUT2D eigenvalue weighted by atomic mass is 19.2. The zero-order chi connectivity index (χ0) is 12.1. The third kappa shape index (κ3) is 3.89. The first-order valence-corrected chi connectivity index (χ1v) is 5.63. The van der Waals surface area contributed by atoms with Crippen molar-refractivity contribution in [2.24, 2.45) is 5.92 Å². The third-order valence-electron chi connectivity index (χ3n) is 2.59. The Morgan fingerprint density at radius 1 is 1.12 bits per heavy atom. The summed E-state index contributed by atoms with van der Waals surface area (Å²) in [6.07, 6.45) is 1.80. The van der Waals surface area contributed by atoms with E-state index in [1.807, 2.05) is 0 Å². The molecule has 0 fully saturated rings. The summed E-state index contributed by atoms with van der Waals surface area (Å²) >= 11 is 0. The average molecular weight is 228 g/mol. The lowest BCUT2D eigenvalue weighted by Crippen LogP contribution is -2.00. The molecule has 16 heavy (non-hydrogen) atoms. The van der Waals surface area contributed by atoms with Crippen molar-refractivity contribution >= 4 is 0 Å². The van der Waals surface area contributed by atoms with E-state index in [-0.39, 0.29) is 0 Å². The van der Waals surface area contributed by atoms with Gasteiger partial charge in [0.2, 0.25) is 0 Å². The van der Waals surface area contributed by atoms with Crippen molar-refractivity contribution in [3.63, 3.8) is 0 Å². The molecule has 1 unspecified atom stereocenters. The molecule has 3 heteroatoms. The summed E-state index contributed by atoms with van der Waals surface area (Å²) in [5, 5.41) is 9.76.